The minimum atomic E-state index is -0.0135. The lowest BCUT2D eigenvalue weighted by molar-refractivity contribution is -0.139. The van der Waals surface area contributed by atoms with Crippen LogP contribution in [0.4, 0.5) is 0 Å². The largest absolute Gasteiger partial charge is 0.341 e. The van der Waals surface area contributed by atoms with Crippen molar-refractivity contribution in [3.05, 3.63) is 34.9 Å². The molecule has 1 aromatic carbocycles. The highest BCUT2D eigenvalue weighted by atomic mass is 35.5. The molecule has 4 nitrogen and oxygen atoms in total. The van der Waals surface area contributed by atoms with Gasteiger partial charge >= 0.3 is 0 Å². The lowest BCUT2D eigenvalue weighted by Gasteiger charge is -2.21. The maximum Gasteiger partial charge on any atom is 0.242 e. The summed E-state index contributed by atoms with van der Waals surface area (Å²) in [5.74, 6) is 0.385. The van der Waals surface area contributed by atoms with Crippen molar-refractivity contribution in [3.8, 4) is 0 Å². The molecule has 2 fully saturated rings. The standard InChI is InChI=1S/C18H23ClN2O2/c1-2-8-20-9-5-10-21(12-17(20)22)18(23)15-11-14(15)13-6-3-4-7-16(13)19/h3-4,6-7,14-15H,2,5,8-12H2,1H3/t14-,15+/m0/s1. The zero-order valence-corrected chi connectivity index (χ0v) is 14.3. The van der Waals surface area contributed by atoms with Gasteiger partial charge in [-0.3, -0.25) is 9.59 Å². The van der Waals surface area contributed by atoms with Crippen molar-refractivity contribution in [1.82, 2.24) is 9.80 Å². The molecule has 124 valence electrons. The fourth-order valence-electron chi connectivity index (χ4n) is 3.44. The summed E-state index contributed by atoms with van der Waals surface area (Å²) in [6.07, 6.45) is 2.66. The minimum absolute atomic E-state index is 0.0135. The molecule has 1 aliphatic carbocycles. The topological polar surface area (TPSA) is 40.6 Å². The van der Waals surface area contributed by atoms with Crippen LogP contribution in [0, 0.1) is 5.92 Å². The number of halogens is 1. The van der Waals surface area contributed by atoms with Crippen LogP contribution in [0.25, 0.3) is 0 Å². The van der Waals surface area contributed by atoms with Crippen molar-refractivity contribution < 1.29 is 9.59 Å². The second-order valence-corrected chi connectivity index (χ2v) is 6.87. The van der Waals surface area contributed by atoms with E-state index in [1.807, 2.05) is 29.2 Å². The van der Waals surface area contributed by atoms with Gasteiger partial charge in [0.15, 0.2) is 0 Å². The van der Waals surface area contributed by atoms with Gasteiger partial charge in [0, 0.05) is 30.6 Å². The predicted octanol–water partition coefficient (Wildman–Crippen LogP) is 2.91. The van der Waals surface area contributed by atoms with Gasteiger partial charge < -0.3 is 9.80 Å². The fraction of sp³-hybridized carbons (Fsp3) is 0.556. The fourth-order valence-corrected chi connectivity index (χ4v) is 3.71. The molecule has 1 saturated carbocycles. The number of rotatable bonds is 4. The van der Waals surface area contributed by atoms with Crippen LogP contribution in [0.5, 0.6) is 0 Å². The first-order valence-corrected chi connectivity index (χ1v) is 8.80. The van der Waals surface area contributed by atoms with E-state index < -0.39 is 0 Å². The third-order valence-corrected chi connectivity index (χ3v) is 5.10. The first kappa shape index (κ1) is 16.3. The molecule has 5 heteroatoms. The molecule has 2 atom stereocenters. The molecule has 2 aliphatic rings. The van der Waals surface area contributed by atoms with Crippen LogP contribution in [0.3, 0.4) is 0 Å². The van der Waals surface area contributed by atoms with Crippen molar-refractivity contribution in [2.24, 2.45) is 5.92 Å². The average molecular weight is 335 g/mol. The molecule has 1 heterocycles. The molecule has 0 radical (unpaired) electrons. The number of nitrogens with zero attached hydrogens (tertiary/aromatic N) is 2. The van der Waals surface area contributed by atoms with Gasteiger partial charge in [0.1, 0.15) is 0 Å². The maximum absolute atomic E-state index is 12.7. The van der Waals surface area contributed by atoms with Crippen LogP contribution in [-0.4, -0.2) is 47.8 Å². The third-order valence-electron chi connectivity index (χ3n) is 4.75. The summed E-state index contributed by atoms with van der Waals surface area (Å²) < 4.78 is 0. The molecule has 1 aliphatic heterocycles. The third kappa shape index (κ3) is 3.52. The smallest absolute Gasteiger partial charge is 0.242 e. The van der Waals surface area contributed by atoms with Gasteiger partial charge in [0.2, 0.25) is 11.8 Å². The normalized spacial score (nSPS) is 24.5. The number of amides is 2. The summed E-state index contributed by atoms with van der Waals surface area (Å²) in [5.41, 5.74) is 1.06. The second kappa shape index (κ2) is 6.91. The second-order valence-electron chi connectivity index (χ2n) is 6.46. The van der Waals surface area contributed by atoms with Crippen LogP contribution in [0.15, 0.2) is 24.3 Å². The van der Waals surface area contributed by atoms with Gasteiger partial charge in [-0.15, -0.1) is 0 Å². The average Bonchev–Trinajstić information content (AvgIpc) is 3.34. The molecular formula is C18H23ClN2O2. The quantitative estimate of drug-likeness (QED) is 0.849. The Bertz CT molecular complexity index is 604. The summed E-state index contributed by atoms with van der Waals surface area (Å²) in [4.78, 5) is 28.6. The van der Waals surface area contributed by atoms with E-state index in [1.165, 1.54) is 0 Å². The maximum atomic E-state index is 12.7. The molecule has 0 bridgehead atoms. The van der Waals surface area contributed by atoms with Crippen molar-refractivity contribution in [1.29, 1.82) is 0 Å². The molecular weight excluding hydrogens is 312 g/mol. The first-order valence-electron chi connectivity index (χ1n) is 8.42. The van der Waals surface area contributed by atoms with Crippen molar-refractivity contribution in [2.75, 3.05) is 26.2 Å². The first-order chi connectivity index (χ1) is 11.1. The van der Waals surface area contributed by atoms with Crippen LogP contribution < -0.4 is 0 Å². The Labute approximate surface area is 142 Å². The van der Waals surface area contributed by atoms with Gasteiger partial charge in [-0.1, -0.05) is 36.7 Å². The van der Waals surface area contributed by atoms with E-state index in [0.717, 1.165) is 42.9 Å². The van der Waals surface area contributed by atoms with Crippen LogP contribution in [0.1, 0.15) is 37.7 Å². The van der Waals surface area contributed by atoms with Gasteiger partial charge in [-0.2, -0.15) is 0 Å². The zero-order chi connectivity index (χ0) is 16.4. The summed E-state index contributed by atoms with van der Waals surface area (Å²) in [5, 5.41) is 0.730. The Hall–Kier alpha value is -1.55. The van der Waals surface area contributed by atoms with E-state index in [9.17, 15) is 9.59 Å². The highest BCUT2D eigenvalue weighted by Gasteiger charge is 2.47. The Morgan fingerprint density at radius 2 is 2.09 bits per heavy atom. The van der Waals surface area contributed by atoms with Crippen LogP contribution in [0.2, 0.25) is 5.02 Å². The lowest BCUT2D eigenvalue weighted by Crippen LogP contribution is -2.40. The van der Waals surface area contributed by atoms with E-state index in [4.69, 9.17) is 11.6 Å². The Balaban J connectivity index is 1.63. The lowest BCUT2D eigenvalue weighted by atomic mass is 10.1. The van der Waals surface area contributed by atoms with E-state index in [1.54, 1.807) is 4.90 Å². The van der Waals surface area contributed by atoms with Crippen LogP contribution in [-0.2, 0) is 9.59 Å². The number of benzene rings is 1. The van der Waals surface area contributed by atoms with Gasteiger partial charge in [0.05, 0.1) is 6.54 Å². The number of carbonyl (C=O) groups is 2. The zero-order valence-electron chi connectivity index (χ0n) is 13.5. The van der Waals surface area contributed by atoms with E-state index in [2.05, 4.69) is 6.92 Å². The molecule has 1 saturated heterocycles. The molecule has 0 aromatic heterocycles. The van der Waals surface area contributed by atoms with Crippen molar-refractivity contribution >= 4 is 23.4 Å². The summed E-state index contributed by atoms with van der Waals surface area (Å²) in [6.45, 7) is 4.52. The van der Waals surface area contributed by atoms with E-state index >= 15 is 0 Å². The van der Waals surface area contributed by atoms with Crippen molar-refractivity contribution in [3.63, 3.8) is 0 Å². The summed E-state index contributed by atoms with van der Waals surface area (Å²) in [6, 6.07) is 7.73. The molecule has 3 rings (SSSR count). The monoisotopic (exact) mass is 334 g/mol. The number of carbonyl (C=O) groups excluding carboxylic acids is 2. The SMILES string of the molecule is CCCN1CCCN(C(=O)[C@@H]2C[C@H]2c2ccccc2Cl)CC1=O. The predicted molar refractivity (Wildman–Crippen MR) is 90.4 cm³/mol. The van der Waals surface area contributed by atoms with Crippen molar-refractivity contribution in [2.45, 2.75) is 32.1 Å². The summed E-state index contributed by atoms with van der Waals surface area (Å²) in [7, 11) is 0. The van der Waals surface area contributed by atoms with Crippen LogP contribution >= 0.6 is 11.6 Å². The van der Waals surface area contributed by atoms with Gasteiger partial charge in [-0.05, 0) is 36.8 Å². The Morgan fingerprint density at radius 1 is 1.30 bits per heavy atom. The van der Waals surface area contributed by atoms with E-state index in [0.29, 0.717) is 6.54 Å². The molecule has 1 aromatic rings. The summed E-state index contributed by atoms with van der Waals surface area (Å²) >= 11 is 6.23. The Kier molecular flexibility index (Phi) is 4.90. The van der Waals surface area contributed by atoms with Gasteiger partial charge in [-0.25, -0.2) is 0 Å². The molecule has 0 N–H and O–H groups in total. The number of hydrogen-bond donors (Lipinski definition) is 0. The highest BCUT2D eigenvalue weighted by molar-refractivity contribution is 6.31. The molecule has 0 unspecified atom stereocenters. The molecule has 23 heavy (non-hydrogen) atoms. The molecule has 2 amide bonds. The minimum Gasteiger partial charge on any atom is -0.341 e. The van der Waals surface area contributed by atoms with Gasteiger partial charge in [0.25, 0.3) is 0 Å². The van der Waals surface area contributed by atoms with E-state index in [-0.39, 0.29) is 30.2 Å². The highest BCUT2D eigenvalue weighted by Crippen LogP contribution is 2.50. The molecule has 0 spiro atoms. The Morgan fingerprint density at radius 3 is 2.83 bits per heavy atom. The number of hydrogen-bond acceptors (Lipinski definition) is 2.